The molecule has 0 aliphatic heterocycles. The van der Waals surface area contributed by atoms with Gasteiger partial charge in [-0.05, 0) is 37.3 Å². The fourth-order valence-corrected chi connectivity index (χ4v) is 3.18. The maximum absolute atomic E-state index is 5.93. The fraction of sp³-hybridized carbons (Fsp3) is 0.0952. The van der Waals surface area contributed by atoms with Crippen molar-refractivity contribution < 1.29 is 4.42 Å². The maximum Gasteiger partial charge on any atom is 0.225 e. The molecule has 0 fully saturated rings. The molecule has 0 amide bonds. The third-order valence-electron chi connectivity index (χ3n) is 4.56. The number of rotatable bonds is 4. The minimum atomic E-state index is -0.0628. The summed E-state index contributed by atoms with van der Waals surface area (Å²) in [5.74, 6) is 2.15. The van der Waals surface area contributed by atoms with Gasteiger partial charge in [0.15, 0.2) is 0 Å². The Bertz CT molecular complexity index is 1210. The smallest absolute Gasteiger partial charge is 0.225 e. The molecule has 0 bridgehead atoms. The summed E-state index contributed by atoms with van der Waals surface area (Å²) in [5, 5.41) is 4.40. The fourth-order valence-electron chi connectivity index (χ4n) is 3.18. The van der Waals surface area contributed by atoms with E-state index in [2.05, 4.69) is 20.3 Å². The molecule has 0 saturated heterocycles. The van der Waals surface area contributed by atoms with Crippen molar-refractivity contribution in [1.82, 2.24) is 19.5 Å². The van der Waals surface area contributed by atoms with E-state index in [-0.39, 0.29) is 6.04 Å². The monoisotopic (exact) mass is 355 g/mol. The number of imidazole rings is 1. The molecule has 132 valence electrons. The van der Waals surface area contributed by atoms with Gasteiger partial charge in [-0.25, -0.2) is 9.97 Å². The van der Waals surface area contributed by atoms with Gasteiger partial charge in [-0.2, -0.15) is 4.98 Å². The molecule has 1 unspecified atom stereocenters. The Morgan fingerprint density at radius 3 is 2.78 bits per heavy atom. The molecule has 6 heteroatoms. The lowest BCUT2D eigenvalue weighted by molar-refractivity contribution is 0.525. The summed E-state index contributed by atoms with van der Waals surface area (Å²) < 4.78 is 7.88. The van der Waals surface area contributed by atoms with Gasteiger partial charge in [0.25, 0.3) is 0 Å². The van der Waals surface area contributed by atoms with Crippen molar-refractivity contribution in [2.75, 3.05) is 5.32 Å². The summed E-state index contributed by atoms with van der Waals surface area (Å²) >= 11 is 0. The molecule has 0 saturated carbocycles. The third-order valence-corrected chi connectivity index (χ3v) is 4.56. The average Bonchev–Trinajstić information content (AvgIpc) is 3.32. The van der Waals surface area contributed by atoms with Crippen molar-refractivity contribution >= 4 is 28.0 Å². The van der Waals surface area contributed by atoms with Gasteiger partial charge >= 0.3 is 0 Å². The van der Waals surface area contributed by atoms with Crippen LogP contribution in [0.1, 0.15) is 18.7 Å². The number of hydrogen-bond acceptors (Lipinski definition) is 5. The number of furan rings is 1. The van der Waals surface area contributed by atoms with Gasteiger partial charge in [0.1, 0.15) is 23.5 Å². The SMILES string of the molecule is CC(Nc1nccc(-n2cnc3ccccc32)n1)c1cc2ccccc2o1. The molecule has 3 heterocycles. The van der Waals surface area contributed by atoms with Crippen LogP contribution in [0.4, 0.5) is 5.95 Å². The van der Waals surface area contributed by atoms with Gasteiger partial charge in [0.2, 0.25) is 5.95 Å². The zero-order valence-electron chi connectivity index (χ0n) is 14.7. The highest BCUT2D eigenvalue weighted by atomic mass is 16.3. The van der Waals surface area contributed by atoms with Crippen LogP contribution >= 0.6 is 0 Å². The van der Waals surface area contributed by atoms with Gasteiger partial charge < -0.3 is 9.73 Å². The van der Waals surface area contributed by atoms with Crippen molar-refractivity contribution in [3.8, 4) is 5.82 Å². The lowest BCUT2D eigenvalue weighted by Crippen LogP contribution is -2.10. The highest BCUT2D eigenvalue weighted by Gasteiger charge is 2.13. The lowest BCUT2D eigenvalue weighted by Gasteiger charge is -2.12. The maximum atomic E-state index is 5.93. The summed E-state index contributed by atoms with van der Waals surface area (Å²) in [4.78, 5) is 13.4. The van der Waals surface area contributed by atoms with Crippen LogP contribution in [0.3, 0.4) is 0 Å². The Kier molecular flexibility index (Phi) is 3.60. The number of hydrogen-bond donors (Lipinski definition) is 1. The van der Waals surface area contributed by atoms with Crippen LogP contribution in [0.5, 0.6) is 0 Å². The Hall–Kier alpha value is -3.67. The number of para-hydroxylation sites is 3. The Morgan fingerprint density at radius 2 is 1.85 bits per heavy atom. The summed E-state index contributed by atoms with van der Waals surface area (Å²) in [7, 11) is 0. The van der Waals surface area contributed by atoms with E-state index in [0.717, 1.165) is 33.6 Å². The molecule has 1 N–H and O–H groups in total. The van der Waals surface area contributed by atoms with Gasteiger partial charge in [0, 0.05) is 11.6 Å². The second-order valence-electron chi connectivity index (χ2n) is 6.39. The molecular weight excluding hydrogens is 338 g/mol. The highest BCUT2D eigenvalue weighted by Crippen LogP contribution is 2.25. The van der Waals surface area contributed by atoms with Gasteiger partial charge in [0.05, 0.1) is 17.1 Å². The van der Waals surface area contributed by atoms with E-state index in [9.17, 15) is 0 Å². The summed E-state index contributed by atoms with van der Waals surface area (Å²) in [6.45, 7) is 2.03. The van der Waals surface area contributed by atoms with E-state index >= 15 is 0 Å². The van der Waals surface area contributed by atoms with Crippen molar-refractivity contribution in [2.45, 2.75) is 13.0 Å². The number of benzene rings is 2. The first kappa shape index (κ1) is 15.6. The minimum absolute atomic E-state index is 0.0628. The first-order valence-corrected chi connectivity index (χ1v) is 8.78. The van der Waals surface area contributed by atoms with E-state index in [1.807, 2.05) is 72.2 Å². The molecule has 6 nitrogen and oxygen atoms in total. The van der Waals surface area contributed by atoms with E-state index in [4.69, 9.17) is 4.42 Å². The molecule has 1 atom stereocenters. The van der Waals surface area contributed by atoms with Crippen molar-refractivity contribution in [3.05, 3.63) is 78.9 Å². The molecule has 27 heavy (non-hydrogen) atoms. The standard InChI is InChI=1S/C21H17N5O/c1-14(19-12-15-6-2-5-9-18(15)27-19)24-21-22-11-10-20(25-21)26-13-23-16-7-3-4-8-17(16)26/h2-14H,1H3,(H,22,24,25). The molecule has 5 aromatic rings. The van der Waals surface area contributed by atoms with Crippen LogP contribution < -0.4 is 5.32 Å². The van der Waals surface area contributed by atoms with Crippen LogP contribution in [0.15, 0.2) is 77.6 Å². The first-order valence-electron chi connectivity index (χ1n) is 8.78. The molecule has 0 radical (unpaired) electrons. The topological polar surface area (TPSA) is 68.8 Å². The Labute approximate surface area is 155 Å². The van der Waals surface area contributed by atoms with Crippen molar-refractivity contribution in [2.24, 2.45) is 0 Å². The van der Waals surface area contributed by atoms with Crippen LogP contribution in [0.2, 0.25) is 0 Å². The highest BCUT2D eigenvalue weighted by molar-refractivity contribution is 5.78. The minimum Gasteiger partial charge on any atom is -0.459 e. The number of fused-ring (bicyclic) bond motifs is 2. The van der Waals surface area contributed by atoms with Crippen molar-refractivity contribution in [1.29, 1.82) is 0 Å². The second kappa shape index (κ2) is 6.25. The van der Waals surface area contributed by atoms with E-state index in [1.165, 1.54) is 0 Å². The Morgan fingerprint density at radius 1 is 1.00 bits per heavy atom. The molecule has 0 aliphatic rings. The normalized spacial score (nSPS) is 12.5. The average molecular weight is 355 g/mol. The van der Waals surface area contributed by atoms with Gasteiger partial charge in [-0.3, -0.25) is 4.57 Å². The van der Waals surface area contributed by atoms with Crippen molar-refractivity contribution in [3.63, 3.8) is 0 Å². The van der Waals surface area contributed by atoms with Crippen LogP contribution in [0.25, 0.3) is 27.8 Å². The zero-order valence-corrected chi connectivity index (χ0v) is 14.7. The van der Waals surface area contributed by atoms with E-state index < -0.39 is 0 Å². The molecule has 3 aromatic heterocycles. The molecule has 0 spiro atoms. The number of anilines is 1. The quantitative estimate of drug-likeness (QED) is 0.504. The third kappa shape index (κ3) is 2.81. The van der Waals surface area contributed by atoms with Crippen LogP contribution in [-0.4, -0.2) is 19.5 Å². The largest absolute Gasteiger partial charge is 0.459 e. The molecule has 0 aliphatic carbocycles. The lowest BCUT2D eigenvalue weighted by atomic mass is 10.2. The van der Waals surface area contributed by atoms with E-state index in [1.54, 1.807) is 12.5 Å². The number of nitrogens with one attached hydrogen (secondary N) is 1. The number of nitrogens with zero attached hydrogens (tertiary/aromatic N) is 4. The summed E-state index contributed by atoms with van der Waals surface area (Å²) in [5.41, 5.74) is 2.81. The summed E-state index contributed by atoms with van der Waals surface area (Å²) in [6, 6.07) is 19.8. The number of aromatic nitrogens is 4. The predicted molar refractivity (Wildman–Crippen MR) is 105 cm³/mol. The zero-order chi connectivity index (χ0) is 18.2. The van der Waals surface area contributed by atoms with E-state index in [0.29, 0.717) is 5.95 Å². The van der Waals surface area contributed by atoms with Crippen LogP contribution in [-0.2, 0) is 0 Å². The second-order valence-corrected chi connectivity index (χ2v) is 6.39. The molecule has 5 rings (SSSR count). The Balaban J connectivity index is 1.45. The molecular formula is C21H17N5O. The molecule has 2 aromatic carbocycles. The predicted octanol–water partition coefficient (Wildman–Crippen LogP) is 4.73. The van der Waals surface area contributed by atoms with Gasteiger partial charge in [-0.15, -0.1) is 0 Å². The first-order chi connectivity index (χ1) is 13.3. The van der Waals surface area contributed by atoms with Gasteiger partial charge in [-0.1, -0.05) is 30.3 Å². The summed E-state index contributed by atoms with van der Waals surface area (Å²) in [6.07, 6.45) is 3.52. The van der Waals surface area contributed by atoms with Crippen LogP contribution in [0, 0.1) is 0 Å².